The summed E-state index contributed by atoms with van der Waals surface area (Å²) < 4.78 is 38.8. The van der Waals surface area contributed by atoms with Gasteiger partial charge < -0.3 is 5.32 Å². The highest BCUT2D eigenvalue weighted by Crippen LogP contribution is 2.35. The van der Waals surface area contributed by atoms with Crippen LogP contribution in [0.2, 0.25) is 0 Å². The molecule has 0 saturated carbocycles. The van der Waals surface area contributed by atoms with Gasteiger partial charge in [0.05, 0.1) is 5.56 Å². The molecule has 0 heterocycles. The monoisotopic (exact) mass is 257 g/mol. The van der Waals surface area contributed by atoms with Crippen molar-refractivity contribution >= 4 is 0 Å². The highest BCUT2D eigenvalue weighted by molar-refractivity contribution is 5.32. The number of hydrogen-bond acceptors (Lipinski definition) is 1. The lowest BCUT2D eigenvalue weighted by atomic mass is 9.97. The minimum absolute atomic E-state index is 0.290. The predicted octanol–water partition coefficient (Wildman–Crippen LogP) is 4.32. The minimum Gasteiger partial charge on any atom is -0.310 e. The maximum absolute atomic E-state index is 12.9. The Balaban J connectivity index is 3.06. The number of rotatable bonds is 6. The number of nitrogens with one attached hydrogen (secondary N) is 1. The van der Waals surface area contributed by atoms with Gasteiger partial charge in [-0.1, -0.05) is 31.2 Å². The van der Waals surface area contributed by atoms with E-state index in [-0.39, 0.29) is 6.04 Å². The summed E-state index contributed by atoms with van der Waals surface area (Å²) in [5.74, 6) is 0. The van der Waals surface area contributed by atoms with Crippen LogP contribution >= 0.6 is 0 Å². The molecule has 18 heavy (non-hydrogen) atoms. The van der Waals surface area contributed by atoms with Crippen molar-refractivity contribution in [2.45, 2.75) is 32.0 Å². The summed E-state index contributed by atoms with van der Waals surface area (Å²) in [5, 5.41) is 3.13. The predicted molar refractivity (Wildman–Crippen MR) is 67.3 cm³/mol. The zero-order valence-electron chi connectivity index (χ0n) is 10.4. The van der Waals surface area contributed by atoms with Gasteiger partial charge in [-0.15, -0.1) is 6.58 Å². The van der Waals surface area contributed by atoms with E-state index in [1.807, 2.05) is 6.92 Å². The number of halogens is 3. The largest absolute Gasteiger partial charge is 0.416 e. The van der Waals surface area contributed by atoms with Gasteiger partial charge >= 0.3 is 6.18 Å². The molecule has 0 amide bonds. The molecule has 0 fully saturated rings. The zero-order valence-corrected chi connectivity index (χ0v) is 10.4. The number of hydrogen-bond donors (Lipinski definition) is 1. The van der Waals surface area contributed by atoms with Crippen molar-refractivity contribution in [1.29, 1.82) is 0 Å². The standard InChI is InChI=1S/C14H18F3N/c1-3-7-13(18-10-4-2)11-8-5-6-9-12(11)14(15,16)17/h3,5-6,8-9,13,18H,1,4,7,10H2,2H3. The quantitative estimate of drug-likeness (QED) is 0.748. The molecule has 1 aromatic carbocycles. The lowest BCUT2D eigenvalue weighted by Crippen LogP contribution is -2.24. The summed E-state index contributed by atoms with van der Waals surface area (Å²) in [5.41, 5.74) is -0.279. The lowest BCUT2D eigenvalue weighted by Gasteiger charge is -2.21. The number of alkyl halides is 3. The van der Waals surface area contributed by atoms with Gasteiger partial charge in [0, 0.05) is 6.04 Å². The van der Waals surface area contributed by atoms with Crippen LogP contribution in [-0.2, 0) is 6.18 Å². The molecule has 1 N–H and O–H groups in total. The van der Waals surface area contributed by atoms with Gasteiger partial charge in [-0.05, 0) is 31.0 Å². The average molecular weight is 257 g/mol. The Morgan fingerprint density at radius 1 is 1.33 bits per heavy atom. The van der Waals surface area contributed by atoms with Crippen molar-refractivity contribution in [1.82, 2.24) is 5.32 Å². The molecular weight excluding hydrogens is 239 g/mol. The van der Waals surface area contributed by atoms with Crippen molar-refractivity contribution in [3.8, 4) is 0 Å². The summed E-state index contributed by atoms with van der Waals surface area (Å²) in [6.45, 7) is 6.27. The minimum atomic E-state index is -4.32. The molecule has 1 atom stereocenters. The molecule has 1 aromatic rings. The molecule has 0 aliphatic rings. The van der Waals surface area contributed by atoms with Crippen LogP contribution in [0.1, 0.15) is 36.9 Å². The Bertz CT molecular complexity index is 385. The fourth-order valence-corrected chi connectivity index (χ4v) is 1.86. The van der Waals surface area contributed by atoms with Crippen molar-refractivity contribution in [2.24, 2.45) is 0 Å². The lowest BCUT2D eigenvalue weighted by molar-refractivity contribution is -0.138. The molecule has 1 unspecified atom stereocenters. The highest BCUT2D eigenvalue weighted by atomic mass is 19.4. The summed E-state index contributed by atoms with van der Waals surface area (Å²) in [7, 11) is 0. The first-order valence-corrected chi connectivity index (χ1v) is 6.01. The fourth-order valence-electron chi connectivity index (χ4n) is 1.86. The molecule has 0 spiro atoms. The van der Waals surface area contributed by atoms with E-state index < -0.39 is 11.7 Å². The van der Waals surface area contributed by atoms with Crippen LogP contribution in [0.4, 0.5) is 13.2 Å². The zero-order chi connectivity index (χ0) is 13.6. The molecule has 4 heteroatoms. The fraction of sp³-hybridized carbons (Fsp3) is 0.429. The van der Waals surface area contributed by atoms with E-state index in [9.17, 15) is 13.2 Å². The SMILES string of the molecule is C=CCC(NCCC)c1ccccc1C(F)(F)F. The van der Waals surface area contributed by atoms with Crippen LogP contribution in [0, 0.1) is 0 Å². The first-order chi connectivity index (χ1) is 8.50. The average Bonchev–Trinajstić information content (AvgIpc) is 2.33. The van der Waals surface area contributed by atoms with E-state index in [4.69, 9.17) is 0 Å². The molecule has 100 valence electrons. The molecule has 0 radical (unpaired) electrons. The van der Waals surface area contributed by atoms with Gasteiger partial charge in [0.2, 0.25) is 0 Å². The normalized spacial score (nSPS) is 13.3. The van der Waals surface area contributed by atoms with E-state index in [0.717, 1.165) is 12.5 Å². The van der Waals surface area contributed by atoms with E-state index in [2.05, 4.69) is 11.9 Å². The van der Waals surface area contributed by atoms with Gasteiger partial charge in [-0.2, -0.15) is 13.2 Å². The Morgan fingerprint density at radius 3 is 2.56 bits per heavy atom. The van der Waals surface area contributed by atoms with Crippen LogP contribution in [0.3, 0.4) is 0 Å². The maximum Gasteiger partial charge on any atom is 0.416 e. The van der Waals surface area contributed by atoms with E-state index in [1.54, 1.807) is 12.1 Å². The summed E-state index contributed by atoms with van der Waals surface area (Å²) in [4.78, 5) is 0. The van der Waals surface area contributed by atoms with E-state index in [1.165, 1.54) is 12.1 Å². The first kappa shape index (κ1) is 14.8. The third kappa shape index (κ3) is 3.88. The van der Waals surface area contributed by atoms with Crippen molar-refractivity contribution in [2.75, 3.05) is 6.54 Å². The molecule has 0 bridgehead atoms. The van der Waals surface area contributed by atoms with Gasteiger partial charge in [0.1, 0.15) is 0 Å². The second kappa shape index (κ2) is 6.59. The topological polar surface area (TPSA) is 12.0 Å². The second-order valence-corrected chi connectivity index (χ2v) is 4.12. The van der Waals surface area contributed by atoms with Gasteiger partial charge in [-0.25, -0.2) is 0 Å². The molecule has 1 rings (SSSR count). The Labute approximate surface area is 106 Å². The van der Waals surface area contributed by atoms with Gasteiger partial charge in [0.25, 0.3) is 0 Å². The Morgan fingerprint density at radius 2 is 2.00 bits per heavy atom. The Kier molecular flexibility index (Phi) is 5.41. The molecule has 1 nitrogen and oxygen atoms in total. The molecule has 0 aliphatic heterocycles. The first-order valence-electron chi connectivity index (χ1n) is 6.01. The summed E-state index contributed by atoms with van der Waals surface area (Å²) in [6, 6.07) is 5.37. The van der Waals surface area contributed by atoms with Crippen molar-refractivity contribution in [3.63, 3.8) is 0 Å². The van der Waals surface area contributed by atoms with E-state index in [0.29, 0.717) is 18.5 Å². The van der Waals surface area contributed by atoms with Gasteiger partial charge in [0.15, 0.2) is 0 Å². The highest BCUT2D eigenvalue weighted by Gasteiger charge is 2.34. The van der Waals surface area contributed by atoms with Crippen LogP contribution in [0.15, 0.2) is 36.9 Å². The molecular formula is C14H18F3N. The second-order valence-electron chi connectivity index (χ2n) is 4.12. The summed E-state index contributed by atoms with van der Waals surface area (Å²) >= 11 is 0. The van der Waals surface area contributed by atoms with Crippen LogP contribution < -0.4 is 5.32 Å². The van der Waals surface area contributed by atoms with Crippen LogP contribution in [-0.4, -0.2) is 6.54 Å². The molecule has 0 aliphatic carbocycles. The molecule has 0 saturated heterocycles. The third-order valence-electron chi connectivity index (χ3n) is 2.68. The van der Waals surface area contributed by atoms with Crippen molar-refractivity contribution < 1.29 is 13.2 Å². The smallest absolute Gasteiger partial charge is 0.310 e. The van der Waals surface area contributed by atoms with Gasteiger partial charge in [-0.3, -0.25) is 0 Å². The van der Waals surface area contributed by atoms with E-state index >= 15 is 0 Å². The van der Waals surface area contributed by atoms with Crippen molar-refractivity contribution in [3.05, 3.63) is 48.0 Å². The maximum atomic E-state index is 12.9. The third-order valence-corrected chi connectivity index (χ3v) is 2.68. The van der Waals surface area contributed by atoms with Crippen LogP contribution in [0.5, 0.6) is 0 Å². The molecule has 0 aromatic heterocycles. The Hall–Kier alpha value is -1.29. The van der Waals surface area contributed by atoms with Crippen LogP contribution in [0.25, 0.3) is 0 Å². The summed E-state index contributed by atoms with van der Waals surface area (Å²) in [6.07, 6.45) is -1.32. The number of benzene rings is 1.